The number of piperidine rings is 1. The Morgan fingerprint density at radius 2 is 2.04 bits per heavy atom. The van der Waals surface area contributed by atoms with Crippen molar-refractivity contribution in [1.82, 2.24) is 10.3 Å². The van der Waals surface area contributed by atoms with Crippen molar-refractivity contribution < 1.29 is 4.79 Å². The lowest BCUT2D eigenvalue weighted by molar-refractivity contribution is -0.126. The Morgan fingerprint density at radius 1 is 1.29 bits per heavy atom. The minimum Gasteiger partial charge on any atom is -0.299 e. The SMILES string of the molecule is O=C(N/N=C/c1cccs1)C1CCN(Cc2ccc(Cl)cc2)CC1. The Bertz CT molecular complexity index is 677. The van der Waals surface area contributed by atoms with Crippen LogP contribution in [-0.4, -0.2) is 30.1 Å². The number of hydrogen-bond acceptors (Lipinski definition) is 4. The number of halogens is 1. The molecule has 2 heterocycles. The van der Waals surface area contributed by atoms with Crippen LogP contribution in [0.15, 0.2) is 46.9 Å². The first-order chi connectivity index (χ1) is 11.7. The molecule has 1 aromatic heterocycles. The maximum atomic E-state index is 12.2. The molecule has 1 aliphatic rings. The van der Waals surface area contributed by atoms with Crippen molar-refractivity contribution in [2.24, 2.45) is 11.0 Å². The average molecular weight is 362 g/mol. The number of nitrogens with one attached hydrogen (secondary N) is 1. The van der Waals surface area contributed by atoms with E-state index >= 15 is 0 Å². The Balaban J connectivity index is 1.42. The van der Waals surface area contributed by atoms with Gasteiger partial charge in [0.15, 0.2) is 0 Å². The monoisotopic (exact) mass is 361 g/mol. The van der Waals surface area contributed by atoms with Crippen molar-refractivity contribution in [3.8, 4) is 0 Å². The number of amides is 1. The number of carbonyl (C=O) groups is 1. The van der Waals surface area contributed by atoms with Crippen LogP contribution in [0.1, 0.15) is 23.3 Å². The van der Waals surface area contributed by atoms with Crippen LogP contribution in [0.5, 0.6) is 0 Å². The summed E-state index contributed by atoms with van der Waals surface area (Å²) in [6.07, 6.45) is 3.43. The zero-order valence-electron chi connectivity index (χ0n) is 13.3. The van der Waals surface area contributed by atoms with Gasteiger partial charge < -0.3 is 0 Å². The predicted molar refractivity (Wildman–Crippen MR) is 99.5 cm³/mol. The van der Waals surface area contributed by atoms with Gasteiger partial charge in [0.2, 0.25) is 5.91 Å². The highest BCUT2D eigenvalue weighted by Gasteiger charge is 2.24. The number of likely N-dealkylation sites (tertiary alicyclic amines) is 1. The molecule has 0 atom stereocenters. The van der Waals surface area contributed by atoms with Crippen molar-refractivity contribution in [2.75, 3.05) is 13.1 Å². The molecule has 0 bridgehead atoms. The van der Waals surface area contributed by atoms with Gasteiger partial charge in [-0.2, -0.15) is 5.10 Å². The first-order valence-electron chi connectivity index (χ1n) is 8.04. The van der Waals surface area contributed by atoms with E-state index in [9.17, 15) is 4.79 Å². The molecular formula is C18H20ClN3OS. The molecule has 2 aromatic rings. The average Bonchev–Trinajstić information content (AvgIpc) is 3.11. The van der Waals surface area contributed by atoms with Gasteiger partial charge in [-0.25, -0.2) is 5.43 Å². The second-order valence-electron chi connectivity index (χ2n) is 5.93. The Kier molecular flexibility index (Phi) is 6.01. The van der Waals surface area contributed by atoms with Crippen LogP contribution >= 0.6 is 22.9 Å². The summed E-state index contributed by atoms with van der Waals surface area (Å²) in [6.45, 7) is 2.76. The molecule has 1 N–H and O–H groups in total. The third-order valence-electron chi connectivity index (χ3n) is 4.19. The number of nitrogens with zero attached hydrogens (tertiary/aromatic N) is 2. The second-order valence-corrected chi connectivity index (χ2v) is 7.34. The number of thiophene rings is 1. The lowest BCUT2D eigenvalue weighted by Gasteiger charge is -2.30. The number of hydrogen-bond donors (Lipinski definition) is 1. The number of benzene rings is 1. The van der Waals surface area contributed by atoms with Gasteiger partial charge in [-0.1, -0.05) is 29.8 Å². The molecule has 1 fully saturated rings. The van der Waals surface area contributed by atoms with Gasteiger partial charge in [0, 0.05) is 22.4 Å². The van der Waals surface area contributed by atoms with E-state index in [0.29, 0.717) is 0 Å². The van der Waals surface area contributed by atoms with E-state index in [1.165, 1.54) is 5.56 Å². The summed E-state index contributed by atoms with van der Waals surface area (Å²) in [5.41, 5.74) is 3.92. The van der Waals surface area contributed by atoms with Gasteiger partial charge in [0.05, 0.1) is 6.21 Å². The van der Waals surface area contributed by atoms with Crippen LogP contribution in [0.4, 0.5) is 0 Å². The van der Waals surface area contributed by atoms with Gasteiger partial charge in [0.1, 0.15) is 0 Å². The van der Waals surface area contributed by atoms with E-state index in [1.54, 1.807) is 17.6 Å². The zero-order chi connectivity index (χ0) is 16.8. The number of rotatable bonds is 5. The summed E-state index contributed by atoms with van der Waals surface area (Å²) in [6, 6.07) is 11.9. The molecule has 126 valence electrons. The molecule has 0 unspecified atom stereocenters. The van der Waals surface area contributed by atoms with Gasteiger partial charge in [0.25, 0.3) is 0 Å². The van der Waals surface area contributed by atoms with Crippen LogP contribution in [0.3, 0.4) is 0 Å². The molecule has 1 amide bonds. The molecule has 0 aliphatic carbocycles. The first-order valence-corrected chi connectivity index (χ1v) is 9.30. The normalized spacial score (nSPS) is 16.5. The van der Waals surface area contributed by atoms with Crippen LogP contribution in [0.2, 0.25) is 5.02 Å². The molecule has 1 saturated heterocycles. The Labute approximate surface area is 151 Å². The predicted octanol–water partition coefficient (Wildman–Crippen LogP) is 3.76. The van der Waals surface area contributed by atoms with E-state index in [4.69, 9.17) is 11.6 Å². The molecule has 0 saturated carbocycles. The summed E-state index contributed by atoms with van der Waals surface area (Å²) in [5, 5.41) is 6.79. The molecule has 4 nitrogen and oxygen atoms in total. The molecule has 0 spiro atoms. The smallest absolute Gasteiger partial charge is 0.243 e. The van der Waals surface area contributed by atoms with E-state index in [0.717, 1.165) is 42.4 Å². The van der Waals surface area contributed by atoms with E-state index in [-0.39, 0.29) is 11.8 Å². The number of carbonyl (C=O) groups excluding carboxylic acids is 1. The first kappa shape index (κ1) is 17.1. The fraction of sp³-hybridized carbons (Fsp3) is 0.333. The summed E-state index contributed by atoms with van der Waals surface area (Å²) >= 11 is 7.51. The van der Waals surface area contributed by atoms with Crippen LogP contribution < -0.4 is 5.43 Å². The topological polar surface area (TPSA) is 44.7 Å². The molecular weight excluding hydrogens is 342 g/mol. The molecule has 1 aliphatic heterocycles. The molecule has 0 radical (unpaired) electrons. The van der Waals surface area contributed by atoms with Gasteiger partial charge in [-0.05, 0) is 55.1 Å². The molecule has 6 heteroatoms. The summed E-state index contributed by atoms with van der Waals surface area (Å²) < 4.78 is 0. The van der Waals surface area contributed by atoms with Crippen molar-refractivity contribution in [2.45, 2.75) is 19.4 Å². The highest BCUT2D eigenvalue weighted by molar-refractivity contribution is 7.11. The summed E-state index contributed by atoms with van der Waals surface area (Å²) in [7, 11) is 0. The van der Waals surface area contributed by atoms with Crippen molar-refractivity contribution in [1.29, 1.82) is 0 Å². The lowest BCUT2D eigenvalue weighted by Crippen LogP contribution is -2.39. The highest BCUT2D eigenvalue weighted by Crippen LogP contribution is 2.20. The third-order valence-corrected chi connectivity index (χ3v) is 5.25. The largest absolute Gasteiger partial charge is 0.299 e. The van der Waals surface area contributed by atoms with Gasteiger partial charge in [-0.15, -0.1) is 11.3 Å². The standard InChI is InChI=1S/C18H20ClN3OS/c19-16-5-3-14(4-6-16)13-22-9-7-15(8-10-22)18(23)21-20-12-17-2-1-11-24-17/h1-6,11-12,15H,7-10,13H2,(H,21,23)/b20-12+. The Hall–Kier alpha value is -1.69. The lowest BCUT2D eigenvalue weighted by atomic mass is 9.96. The van der Waals surface area contributed by atoms with Crippen LogP contribution in [-0.2, 0) is 11.3 Å². The van der Waals surface area contributed by atoms with Crippen molar-refractivity contribution in [3.05, 3.63) is 57.2 Å². The molecule has 3 rings (SSSR count). The summed E-state index contributed by atoms with van der Waals surface area (Å²) in [5.74, 6) is 0.0703. The van der Waals surface area contributed by atoms with E-state index in [1.807, 2.05) is 29.6 Å². The van der Waals surface area contributed by atoms with Gasteiger partial charge in [-0.3, -0.25) is 9.69 Å². The zero-order valence-corrected chi connectivity index (χ0v) is 14.9. The van der Waals surface area contributed by atoms with Gasteiger partial charge >= 0.3 is 0 Å². The van der Waals surface area contributed by atoms with Crippen LogP contribution in [0.25, 0.3) is 0 Å². The third kappa shape index (κ3) is 4.90. The maximum Gasteiger partial charge on any atom is 0.243 e. The fourth-order valence-corrected chi connectivity index (χ4v) is 3.53. The highest BCUT2D eigenvalue weighted by atomic mass is 35.5. The summed E-state index contributed by atoms with van der Waals surface area (Å²) in [4.78, 5) is 15.6. The quantitative estimate of drug-likeness (QED) is 0.651. The maximum absolute atomic E-state index is 12.2. The Morgan fingerprint density at radius 3 is 2.71 bits per heavy atom. The van der Waals surface area contributed by atoms with Crippen molar-refractivity contribution in [3.63, 3.8) is 0 Å². The van der Waals surface area contributed by atoms with E-state index < -0.39 is 0 Å². The fourth-order valence-electron chi connectivity index (χ4n) is 2.82. The minimum absolute atomic E-state index is 0.0222. The van der Waals surface area contributed by atoms with E-state index in [2.05, 4.69) is 27.6 Å². The minimum atomic E-state index is 0.0222. The molecule has 1 aromatic carbocycles. The molecule has 24 heavy (non-hydrogen) atoms. The second kappa shape index (κ2) is 8.42. The van der Waals surface area contributed by atoms with Crippen molar-refractivity contribution >= 4 is 35.1 Å². The number of hydrazone groups is 1. The van der Waals surface area contributed by atoms with Crippen LogP contribution in [0, 0.1) is 5.92 Å².